The number of aromatic amines is 1. The zero-order chi connectivity index (χ0) is 22.0. The molecular formula is C23H25N5O2S. The summed E-state index contributed by atoms with van der Waals surface area (Å²) in [6, 6.07) is 9.01. The van der Waals surface area contributed by atoms with Gasteiger partial charge in [-0.1, -0.05) is 18.6 Å². The van der Waals surface area contributed by atoms with Crippen LogP contribution in [-0.2, 0) is 24.2 Å². The Hall–Kier alpha value is -3.02. The molecule has 0 saturated carbocycles. The minimum absolute atomic E-state index is 0.182. The van der Waals surface area contributed by atoms with Crippen molar-refractivity contribution in [3.63, 3.8) is 0 Å². The van der Waals surface area contributed by atoms with Gasteiger partial charge >= 0.3 is 0 Å². The predicted molar refractivity (Wildman–Crippen MR) is 122 cm³/mol. The van der Waals surface area contributed by atoms with Gasteiger partial charge in [-0.3, -0.25) is 14.5 Å². The second-order valence-electron chi connectivity index (χ2n) is 7.99. The lowest BCUT2D eigenvalue weighted by Crippen LogP contribution is -2.39. The summed E-state index contributed by atoms with van der Waals surface area (Å²) in [6.45, 7) is 2.12. The fraction of sp³-hybridized carbons (Fsp3) is 0.391. The first-order valence-corrected chi connectivity index (χ1v) is 11.3. The Morgan fingerprint density at radius 2 is 2.10 bits per heavy atom. The first-order valence-electron chi connectivity index (χ1n) is 10.5. The fourth-order valence-electron chi connectivity index (χ4n) is 3.95. The predicted octanol–water partition coefficient (Wildman–Crippen LogP) is 3.58. The number of anilines is 1. The number of hydrogen-bond acceptors (Lipinski definition) is 6. The molecule has 2 N–H and O–H groups in total. The van der Waals surface area contributed by atoms with Crippen molar-refractivity contribution in [3.05, 3.63) is 56.4 Å². The highest BCUT2D eigenvalue weighted by Crippen LogP contribution is 2.37. The van der Waals surface area contributed by atoms with E-state index in [1.54, 1.807) is 25.1 Å². The first-order chi connectivity index (χ1) is 15.0. The van der Waals surface area contributed by atoms with Crippen molar-refractivity contribution < 1.29 is 4.79 Å². The zero-order valence-electron chi connectivity index (χ0n) is 17.7. The van der Waals surface area contributed by atoms with Crippen molar-refractivity contribution in [2.24, 2.45) is 0 Å². The maximum absolute atomic E-state index is 12.9. The molecule has 4 rings (SSSR count). The molecule has 160 valence electrons. The highest BCUT2D eigenvalue weighted by Gasteiger charge is 2.24. The molecule has 31 heavy (non-hydrogen) atoms. The van der Waals surface area contributed by atoms with Gasteiger partial charge < -0.3 is 10.3 Å². The molecule has 0 radical (unpaired) electrons. The molecule has 0 bridgehead atoms. The maximum atomic E-state index is 12.9. The summed E-state index contributed by atoms with van der Waals surface area (Å²) in [5, 5.41) is 13.8. The molecule has 0 spiro atoms. The van der Waals surface area contributed by atoms with Crippen LogP contribution in [0.15, 0.2) is 29.1 Å². The second kappa shape index (κ2) is 9.00. The molecule has 1 atom stereocenters. The van der Waals surface area contributed by atoms with Crippen molar-refractivity contribution in [2.75, 3.05) is 12.4 Å². The van der Waals surface area contributed by atoms with Gasteiger partial charge in [0, 0.05) is 4.88 Å². The van der Waals surface area contributed by atoms with E-state index in [1.807, 2.05) is 18.0 Å². The Morgan fingerprint density at radius 1 is 1.32 bits per heavy atom. The van der Waals surface area contributed by atoms with E-state index in [1.165, 1.54) is 22.6 Å². The van der Waals surface area contributed by atoms with Crippen LogP contribution in [0.25, 0.3) is 10.9 Å². The number of para-hydroxylation sites is 1. The summed E-state index contributed by atoms with van der Waals surface area (Å²) in [5.74, 6) is 0.324. The van der Waals surface area contributed by atoms with Crippen molar-refractivity contribution in [3.8, 4) is 6.07 Å². The van der Waals surface area contributed by atoms with Gasteiger partial charge in [0.2, 0.25) is 5.91 Å². The summed E-state index contributed by atoms with van der Waals surface area (Å²) in [7, 11) is 1.81. The number of rotatable bonds is 5. The van der Waals surface area contributed by atoms with E-state index in [0.717, 1.165) is 31.2 Å². The molecule has 7 nitrogen and oxygen atoms in total. The van der Waals surface area contributed by atoms with Crippen molar-refractivity contribution in [1.82, 2.24) is 14.9 Å². The molecule has 2 heterocycles. The molecule has 0 fully saturated rings. The number of nitriles is 1. The van der Waals surface area contributed by atoms with Gasteiger partial charge in [0.25, 0.3) is 5.56 Å². The lowest BCUT2D eigenvalue weighted by molar-refractivity contribution is -0.120. The number of hydrogen-bond donors (Lipinski definition) is 2. The van der Waals surface area contributed by atoms with Crippen molar-refractivity contribution >= 4 is 33.1 Å². The zero-order valence-corrected chi connectivity index (χ0v) is 18.5. The summed E-state index contributed by atoms with van der Waals surface area (Å²) in [6.07, 6.45) is 5.27. The number of H-pyrrole nitrogens is 1. The average molecular weight is 436 g/mol. The molecule has 1 aromatic carbocycles. The molecule has 8 heteroatoms. The Morgan fingerprint density at radius 3 is 2.90 bits per heavy atom. The third-order valence-electron chi connectivity index (χ3n) is 5.87. The number of carbonyl (C=O) groups is 1. The van der Waals surface area contributed by atoms with Crippen LogP contribution in [0.3, 0.4) is 0 Å². The van der Waals surface area contributed by atoms with Crippen LogP contribution < -0.4 is 10.9 Å². The van der Waals surface area contributed by atoms with Gasteiger partial charge in [-0.25, -0.2) is 4.98 Å². The monoisotopic (exact) mass is 435 g/mol. The largest absolute Gasteiger partial charge is 0.315 e. The van der Waals surface area contributed by atoms with Crippen LogP contribution >= 0.6 is 11.3 Å². The van der Waals surface area contributed by atoms with E-state index in [0.29, 0.717) is 33.8 Å². The van der Waals surface area contributed by atoms with Crippen LogP contribution in [0.4, 0.5) is 5.00 Å². The van der Waals surface area contributed by atoms with Gasteiger partial charge in [-0.2, -0.15) is 5.26 Å². The molecule has 1 unspecified atom stereocenters. The van der Waals surface area contributed by atoms with E-state index >= 15 is 0 Å². The average Bonchev–Trinajstić information content (AvgIpc) is 2.91. The number of likely N-dealkylation sites (N-methyl/N-ethyl adjacent to an activating group) is 1. The van der Waals surface area contributed by atoms with Gasteiger partial charge in [0.15, 0.2) is 0 Å². The Labute approximate surface area is 184 Å². The molecular weight excluding hydrogens is 410 g/mol. The molecule has 2 aromatic heterocycles. The number of aromatic nitrogens is 2. The minimum atomic E-state index is -0.467. The maximum Gasteiger partial charge on any atom is 0.258 e. The minimum Gasteiger partial charge on any atom is -0.315 e. The van der Waals surface area contributed by atoms with E-state index in [9.17, 15) is 14.9 Å². The lowest BCUT2D eigenvalue weighted by atomic mass is 10.1. The summed E-state index contributed by atoms with van der Waals surface area (Å²) < 4.78 is 0. The van der Waals surface area contributed by atoms with Crippen molar-refractivity contribution in [2.45, 2.75) is 51.6 Å². The van der Waals surface area contributed by atoms with E-state index in [4.69, 9.17) is 0 Å². The normalized spacial score (nSPS) is 14.6. The topological polar surface area (TPSA) is 102 Å². The third-order valence-corrected chi connectivity index (χ3v) is 7.08. The molecule has 1 aliphatic rings. The number of aryl methyl sites for hydroxylation is 1. The number of nitrogens with one attached hydrogen (secondary N) is 2. The molecule has 3 aromatic rings. The molecule has 1 amide bonds. The Bertz CT molecular complexity index is 1220. The number of nitrogens with zero attached hydrogens (tertiary/aromatic N) is 3. The van der Waals surface area contributed by atoms with Crippen LogP contribution in [0.2, 0.25) is 0 Å². The Balaban J connectivity index is 1.49. The van der Waals surface area contributed by atoms with E-state index in [-0.39, 0.29) is 11.5 Å². The van der Waals surface area contributed by atoms with Crippen LogP contribution in [0.5, 0.6) is 0 Å². The highest BCUT2D eigenvalue weighted by atomic mass is 32.1. The quantitative estimate of drug-likeness (QED) is 0.597. The third kappa shape index (κ3) is 4.38. The highest BCUT2D eigenvalue weighted by molar-refractivity contribution is 7.16. The van der Waals surface area contributed by atoms with E-state index < -0.39 is 6.04 Å². The number of thiophene rings is 1. The summed E-state index contributed by atoms with van der Waals surface area (Å²) in [5.41, 5.74) is 2.17. The number of benzene rings is 1. The number of amides is 1. The summed E-state index contributed by atoms with van der Waals surface area (Å²) >= 11 is 1.53. The first kappa shape index (κ1) is 21.2. The van der Waals surface area contributed by atoms with E-state index in [2.05, 4.69) is 21.4 Å². The van der Waals surface area contributed by atoms with Gasteiger partial charge in [0.1, 0.15) is 16.9 Å². The molecule has 0 saturated heterocycles. The number of fused-ring (bicyclic) bond motifs is 2. The van der Waals surface area contributed by atoms with Crippen LogP contribution in [0, 0.1) is 11.3 Å². The number of carbonyl (C=O) groups excluding carboxylic acids is 1. The Kier molecular flexibility index (Phi) is 6.16. The summed E-state index contributed by atoms with van der Waals surface area (Å²) in [4.78, 5) is 35.6. The van der Waals surface area contributed by atoms with Crippen LogP contribution in [-0.4, -0.2) is 33.9 Å². The van der Waals surface area contributed by atoms with Gasteiger partial charge in [-0.05, 0) is 57.4 Å². The fourth-order valence-corrected chi connectivity index (χ4v) is 5.19. The lowest BCUT2D eigenvalue weighted by Gasteiger charge is -2.23. The SMILES string of the molecule is CC(C(=O)Nc1sc2c(c1C#N)CCCCC2)N(C)Cc1nc2ccccc2c(=O)[nH]1. The van der Waals surface area contributed by atoms with Crippen LogP contribution in [0.1, 0.15) is 48.0 Å². The second-order valence-corrected chi connectivity index (χ2v) is 9.10. The standard InChI is InChI=1S/C23H25N5O2S/c1-14(28(2)13-20-25-18-10-7-6-9-16(18)22(30)26-20)21(29)27-23-17(12-24)15-8-4-3-5-11-19(15)31-23/h6-7,9-10,14H,3-5,8,11,13H2,1-2H3,(H,27,29)(H,25,26,30). The smallest absolute Gasteiger partial charge is 0.258 e. The molecule has 1 aliphatic carbocycles. The van der Waals surface area contributed by atoms with Gasteiger partial charge in [0.05, 0.1) is 29.1 Å². The van der Waals surface area contributed by atoms with Crippen molar-refractivity contribution in [1.29, 1.82) is 5.26 Å². The molecule has 0 aliphatic heterocycles. The van der Waals surface area contributed by atoms with Gasteiger partial charge in [-0.15, -0.1) is 11.3 Å².